The summed E-state index contributed by atoms with van der Waals surface area (Å²) >= 11 is 0. The summed E-state index contributed by atoms with van der Waals surface area (Å²) in [5.41, 5.74) is 2.87. The maximum Gasteiger partial charge on any atom is 0.347 e. The highest BCUT2D eigenvalue weighted by atomic mass is 16.1. The van der Waals surface area contributed by atoms with E-state index in [0.717, 1.165) is 16.8 Å². The van der Waals surface area contributed by atoms with E-state index >= 15 is 0 Å². The average Bonchev–Trinajstić information content (AvgIpc) is 2.81. The zero-order valence-electron chi connectivity index (χ0n) is 11.2. The van der Waals surface area contributed by atoms with Crippen molar-refractivity contribution in [2.24, 2.45) is 0 Å². The first-order valence-electron chi connectivity index (χ1n) is 6.51. The van der Waals surface area contributed by atoms with Crippen LogP contribution in [0.1, 0.15) is 17.0 Å². The van der Waals surface area contributed by atoms with Crippen molar-refractivity contribution in [1.82, 2.24) is 14.8 Å². The summed E-state index contributed by atoms with van der Waals surface area (Å²) < 4.78 is 1.62. The Morgan fingerprint density at radius 1 is 1.10 bits per heavy atom. The maximum absolute atomic E-state index is 12.0. The number of rotatable bonds is 3. The van der Waals surface area contributed by atoms with Crippen LogP contribution in [0.2, 0.25) is 0 Å². The minimum absolute atomic E-state index is 0.207. The zero-order valence-corrected chi connectivity index (χ0v) is 11.2. The molecule has 0 radical (unpaired) electrons. The van der Waals surface area contributed by atoms with Gasteiger partial charge in [-0.25, -0.2) is 14.5 Å². The molecule has 1 aromatic heterocycles. The third-order valence-corrected chi connectivity index (χ3v) is 3.21. The van der Waals surface area contributed by atoms with Gasteiger partial charge in [-0.2, -0.15) is 5.10 Å². The van der Waals surface area contributed by atoms with Crippen molar-refractivity contribution in [2.75, 3.05) is 0 Å². The first-order chi connectivity index (χ1) is 9.74. The molecule has 3 aromatic rings. The Morgan fingerprint density at radius 2 is 1.90 bits per heavy atom. The van der Waals surface area contributed by atoms with E-state index in [1.165, 1.54) is 0 Å². The Kier molecular flexibility index (Phi) is 3.21. The Balaban J connectivity index is 2.04. The summed E-state index contributed by atoms with van der Waals surface area (Å²) in [6.45, 7) is 2.01. The van der Waals surface area contributed by atoms with Crippen LogP contribution in [0, 0.1) is 6.92 Å². The third kappa shape index (κ3) is 2.40. The van der Waals surface area contributed by atoms with Gasteiger partial charge in [0.15, 0.2) is 0 Å². The van der Waals surface area contributed by atoms with Gasteiger partial charge in [0.1, 0.15) is 5.82 Å². The van der Waals surface area contributed by atoms with Gasteiger partial charge in [0.25, 0.3) is 0 Å². The summed E-state index contributed by atoms with van der Waals surface area (Å²) in [5.74, 6) is 0.715. The molecule has 20 heavy (non-hydrogen) atoms. The lowest BCUT2D eigenvalue weighted by Crippen LogP contribution is -2.17. The second-order valence-electron chi connectivity index (χ2n) is 4.78. The molecule has 1 N–H and O–H groups in total. The topological polar surface area (TPSA) is 50.7 Å². The molecule has 0 aliphatic rings. The lowest BCUT2D eigenvalue weighted by Gasteiger charge is -2.06. The number of hydrogen-bond donors (Lipinski definition) is 1. The molecule has 4 heteroatoms. The second kappa shape index (κ2) is 5.17. The molecule has 0 saturated heterocycles. The van der Waals surface area contributed by atoms with Gasteiger partial charge in [-0.15, -0.1) is 0 Å². The van der Waals surface area contributed by atoms with Crippen LogP contribution in [-0.2, 0) is 6.42 Å². The van der Waals surface area contributed by atoms with Gasteiger partial charge in [0.05, 0.1) is 5.69 Å². The summed E-state index contributed by atoms with van der Waals surface area (Å²) in [5, 5.41) is 6.68. The second-order valence-corrected chi connectivity index (χ2v) is 4.78. The predicted molar refractivity (Wildman–Crippen MR) is 78.2 cm³/mol. The van der Waals surface area contributed by atoms with Crippen molar-refractivity contribution < 1.29 is 0 Å². The standard InChI is InChI=1S/C16H15N3O/c1-12-6-5-9-14(10-12)19-15(17-18-16(19)20)11-13-7-3-2-4-8-13/h2-10H,11H2,1H3,(H,18,20). The van der Waals surface area contributed by atoms with E-state index in [0.29, 0.717) is 12.2 Å². The van der Waals surface area contributed by atoms with E-state index < -0.39 is 0 Å². The van der Waals surface area contributed by atoms with Crippen molar-refractivity contribution in [3.63, 3.8) is 0 Å². The highest BCUT2D eigenvalue weighted by molar-refractivity contribution is 5.36. The van der Waals surface area contributed by atoms with Gasteiger partial charge in [0.2, 0.25) is 0 Å². The third-order valence-electron chi connectivity index (χ3n) is 3.21. The van der Waals surface area contributed by atoms with E-state index in [4.69, 9.17) is 0 Å². The lowest BCUT2D eigenvalue weighted by atomic mass is 10.1. The Labute approximate surface area is 116 Å². The first-order valence-corrected chi connectivity index (χ1v) is 6.51. The van der Waals surface area contributed by atoms with E-state index in [9.17, 15) is 4.79 Å². The molecule has 0 saturated carbocycles. The molecule has 0 aliphatic heterocycles. The number of benzene rings is 2. The van der Waals surface area contributed by atoms with Crippen LogP contribution in [0.5, 0.6) is 0 Å². The van der Waals surface area contributed by atoms with Crippen LogP contribution in [0.3, 0.4) is 0 Å². The molecular formula is C16H15N3O. The van der Waals surface area contributed by atoms with Gasteiger partial charge in [-0.05, 0) is 30.2 Å². The van der Waals surface area contributed by atoms with E-state index in [1.54, 1.807) is 4.57 Å². The number of H-pyrrole nitrogens is 1. The van der Waals surface area contributed by atoms with Crippen LogP contribution < -0.4 is 5.69 Å². The van der Waals surface area contributed by atoms with Gasteiger partial charge in [0, 0.05) is 6.42 Å². The normalized spacial score (nSPS) is 10.7. The fourth-order valence-electron chi connectivity index (χ4n) is 2.26. The summed E-state index contributed by atoms with van der Waals surface area (Å²) in [6, 6.07) is 17.8. The highest BCUT2D eigenvalue weighted by Crippen LogP contribution is 2.12. The van der Waals surface area contributed by atoms with Gasteiger partial charge >= 0.3 is 5.69 Å². The Bertz CT molecular complexity index is 772. The monoisotopic (exact) mass is 265 g/mol. The summed E-state index contributed by atoms with van der Waals surface area (Å²) in [6.07, 6.45) is 0.619. The van der Waals surface area contributed by atoms with E-state index in [-0.39, 0.29) is 5.69 Å². The molecule has 0 bridgehead atoms. The number of nitrogens with zero attached hydrogens (tertiary/aromatic N) is 2. The maximum atomic E-state index is 12.0. The molecule has 0 fully saturated rings. The number of aryl methyl sites for hydroxylation is 1. The smallest absolute Gasteiger partial charge is 0.247 e. The minimum Gasteiger partial charge on any atom is -0.247 e. The van der Waals surface area contributed by atoms with Crippen LogP contribution in [-0.4, -0.2) is 14.8 Å². The van der Waals surface area contributed by atoms with Crippen molar-refractivity contribution in [1.29, 1.82) is 0 Å². The van der Waals surface area contributed by atoms with Crippen LogP contribution in [0.15, 0.2) is 59.4 Å². The molecule has 0 unspecified atom stereocenters. The SMILES string of the molecule is Cc1cccc(-n2c(Cc3ccccc3)n[nH]c2=O)c1. The number of aromatic amines is 1. The molecule has 2 aromatic carbocycles. The highest BCUT2D eigenvalue weighted by Gasteiger charge is 2.10. The summed E-state index contributed by atoms with van der Waals surface area (Å²) in [4.78, 5) is 12.0. The zero-order chi connectivity index (χ0) is 13.9. The molecule has 0 amide bonds. The number of aromatic nitrogens is 3. The molecule has 3 rings (SSSR count). The number of nitrogens with one attached hydrogen (secondary N) is 1. The summed E-state index contributed by atoms with van der Waals surface area (Å²) in [7, 11) is 0. The largest absolute Gasteiger partial charge is 0.347 e. The molecule has 0 spiro atoms. The fraction of sp³-hybridized carbons (Fsp3) is 0.125. The van der Waals surface area contributed by atoms with Crippen LogP contribution >= 0.6 is 0 Å². The van der Waals surface area contributed by atoms with E-state index in [2.05, 4.69) is 10.2 Å². The van der Waals surface area contributed by atoms with Crippen molar-refractivity contribution in [2.45, 2.75) is 13.3 Å². The first kappa shape index (κ1) is 12.4. The van der Waals surface area contributed by atoms with Crippen molar-refractivity contribution in [3.8, 4) is 5.69 Å². The van der Waals surface area contributed by atoms with Gasteiger partial charge in [-0.1, -0.05) is 42.5 Å². The molecule has 4 nitrogen and oxygen atoms in total. The average molecular weight is 265 g/mol. The Hall–Kier alpha value is -2.62. The molecule has 0 aliphatic carbocycles. The minimum atomic E-state index is -0.207. The van der Waals surface area contributed by atoms with Crippen molar-refractivity contribution in [3.05, 3.63) is 82.0 Å². The fourth-order valence-corrected chi connectivity index (χ4v) is 2.26. The molecule has 100 valence electrons. The van der Waals surface area contributed by atoms with Gasteiger partial charge in [-0.3, -0.25) is 0 Å². The lowest BCUT2D eigenvalue weighted by molar-refractivity contribution is 0.892. The van der Waals surface area contributed by atoms with Crippen LogP contribution in [0.4, 0.5) is 0 Å². The molecule has 0 atom stereocenters. The quantitative estimate of drug-likeness (QED) is 0.791. The molecule has 1 heterocycles. The van der Waals surface area contributed by atoms with Crippen molar-refractivity contribution >= 4 is 0 Å². The Morgan fingerprint density at radius 3 is 2.65 bits per heavy atom. The van der Waals surface area contributed by atoms with Gasteiger partial charge < -0.3 is 0 Å². The van der Waals surface area contributed by atoms with Crippen LogP contribution in [0.25, 0.3) is 5.69 Å². The number of hydrogen-bond acceptors (Lipinski definition) is 2. The van der Waals surface area contributed by atoms with E-state index in [1.807, 2.05) is 61.5 Å². The molecular weight excluding hydrogens is 250 g/mol. The predicted octanol–water partition coefficient (Wildman–Crippen LogP) is 2.46.